The van der Waals surface area contributed by atoms with Crippen LogP contribution < -0.4 is 10.5 Å². The molecule has 0 bridgehead atoms. The van der Waals surface area contributed by atoms with Gasteiger partial charge in [0.25, 0.3) is 0 Å². The summed E-state index contributed by atoms with van der Waals surface area (Å²) in [6.07, 6.45) is 0.898. The van der Waals surface area contributed by atoms with E-state index in [1.54, 1.807) is 7.11 Å². The van der Waals surface area contributed by atoms with Gasteiger partial charge in [0.2, 0.25) is 0 Å². The molecule has 2 aromatic rings. The van der Waals surface area contributed by atoms with Gasteiger partial charge < -0.3 is 15.0 Å². The van der Waals surface area contributed by atoms with Crippen LogP contribution in [0.1, 0.15) is 23.9 Å². The van der Waals surface area contributed by atoms with Crippen LogP contribution >= 0.6 is 0 Å². The largest absolute Gasteiger partial charge is 0.495 e. The second-order valence-electron chi connectivity index (χ2n) is 5.09. The lowest BCUT2D eigenvalue weighted by Crippen LogP contribution is -2.18. The van der Waals surface area contributed by atoms with Gasteiger partial charge in [-0.15, -0.1) is 0 Å². The van der Waals surface area contributed by atoms with Crippen molar-refractivity contribution in [2.45, 2.75) is 33.2 Å². The third-order valence-corrected chi connectivity index (χ3v) is 3.40. The summed E-state index contributed by atoms with van der Waals surface area (Å²) in [7, 11) is 1.70. The molecule has 19 heavy (non-hydrogen) atoms. The lowest BCUT2D eigenvalue weighted by molar-refractivity contribution is 0.412. The molecule has 2 N–H and O–H groups in total. The quantitative estimate of drug-likeness (QED) is 0.915. The first-order valence-corrected chi connectivity index (χ1v) is 6.61. The fraction of sp³-hybridized carbons (Fsp3) is 0.375. The van der Waals surface area contributed by atoms with Crippen molar-refractivity contribution in [2.75, 3.05) is 7.11 Å². The van der Waals surface area contributed by atoms with Crippen LogP contribution in [-0.4, -0.2) is 17.7 Å². The number of benzene rings is 1. The molecule has 1 aromatic heterocycles. The third kappa shape index (κ3) is 2.66. The lowest BCUT2D eigenvalue weighted by Gasteiger charge is -2.14. The van der Waals surface area contributed by atoms with Gasteiger partial charge in [0.1, 0.15) is 5.75 Å². The predicted molar refractivity (Wildman–Crippen MR) is 79.1 cm³/mol. The summed E-state index contributed by atoms with van der Waals surface area (Å²) < 4.78 is 7.69. The van der Waals surface area contributed by atoms with E-state index < -0.39 is 0 Å². The minimum Gasteiger partial charge on any atom is -0.495 e. The van der Waals surface area contributed by atoms with E-state index >= 15 is 0 Å². The fourth-order valence-electron chi connectivity index (χ4n) is 2.57. The molecule has 1 heterocycles. The van der Waals surface area contributed by atoms with Gasteiger partial charge in [-0.25, -0.2) is 0 Å². The van der Waals surface area contributed by atoms with Crippen molar-refractivity contribution in [3.63, 3.8) is 0 Å². The number of ether oxygens (including phenoxy) is 1. The van der Waals surface area contributed by atoms with Crippen molar-refractivity contribution >= 4 is 0 Å². The van der Waals surface area contributed by atoms with Crippen LogP contribution in [0.5, 0.6) is 5.75 Å². The minimum atomic E-state index is 0.173. The maximum atomic E-state index is 5.91. The molecule has 3 heteroatoms. The zero-order valence-electron chi connectivity index (χ0n) is 12.1. The van der Waals surface area contributed by atoms with Crippen LogP contribution in [0.4, 0.5) is 0 Å². The SMILES string of the molecule is COc1ccccc1-n1c(C)cc(CC(C)N)c1C. The molecule has 0 saturated heterocycles. The molecule has 1 unspecified atom stereocenters. The number of rotatable bonds is 4. The molecule has 0 aliphatic carbocycles. The number of nitrogens with zero attached hydrogens (tertiary/aromatic N) is 1. The van der Waals surface area contributed by atoms with Crippen LogP contribution in [0.3, 0.4) is 0 Å². The Morgan fingerprint density at radius 2 is 1.95 bits per heavy atom. The second-order valence-corrected chi connectivity index (χ2v) is 5.09. The molecule has 102 valence electrons. The molecular weight excluding hydrogens is 236 g/mol. The maximum Gasteiger partial charge on any atom is 0.142 e. The molecule has 0 fully saturated rings. The summed E-state index contributed by atoms with van der Waals surface area (Å²) in [4.78, 5) is 0. The smallest absolute Gasteiger partial charge is 0.142 e. The second kappa shape index (κ2) is 5.49. The minimum absolute atomic E-state index is 0.173. The van der Waals surface area contributed by atoms with Gasteiger partial charge >= 0.3 is 0 Å². The van der Waals surface area contributed by atoms with Crippen molar-refractivity contribution in [1.29, 1.82) is 0 Å². The molecule has 3 nitrogen and oxygen atoms in total. The molecule has 0 spiro atoms. The Bertz CT molecular complexity index is 570. The molecular formula is C16H22N2O. The first-order valence-electron chi connectivity index (χ1n) is 6.61. The number of hydrogen-bond donors (Lipinski definition) is 1. The highest BCUT2D eigenvalue weighted by molar-refractivity contribution is 5.50. The van der Waals surface area contributed by atoms with E-state index in [0.29, 0.717) is 0 Å². The van der Waals surface area contributed by atoms with Gasteiger partial charge in [0.15, 0.2) is 0 Å². The van der Waals surface area contributed by atoms with Crippen LogP contribution in [-0.2, 0) is 6.42 Å². The molecule has 0 aliphatic rings. The molecule has 1 atom stereocenters. The van der Waals surface area contributed by atoms with Crippen LogP contribution in [0.25, 0.3) is 5.69 Å². The van der Waals surface area contributed by atoms with Crippen molar-refractivity contribution in [3.05, 3.63) is 47.3 Å². The van der Waals surface area contributed by atoms with Crippen LogP contribution in [0.15, 0.2) is 30.3 Å². The molecule has 0 amide bonds. The van der Waals surface area contributed by atoms with E-state index in [9.17, 15) is 0 Å². The van der Waals surface area contributed by atoms with E-state index in [-0.39, 0.29) is 6.04 Å². The number of methoxy groups -OCH3 is 1. The zero-order valence-corrected chi connectivity index (χ0v) is 12.1. The molecule has 0 aliphatic heterocycles. The Morgan fingerprint density at radius 1 is 1.26 bits per heavy atom. The average molecular weight is 258 g/mol. The van der Waals surface area contributed by atoms with Gasteiger partial charge in [-0.1, -0.05) is 12.1 Å². The number of nitrogens with two attached hydrogens (primary N) is 1. The van der Waals surface area contributed by atoms with Gasteiger partial charge in [-0.3, -0.25) is 0 Å². The lowest BCUT2D eigenvalue weighted by atomic mass is 10.1. The number of aryl methyl sites for hydroxylation is 1. The Balaban J connectivity index is 2.53. The standard InChI is InChI=1S/C16H22N2O/c1-11(17)9-14-10-12(2)18(13(14)3)15-7-5-6-8-16(15)19-4/h5-8,10-11H,9,17H2,1-4H3. The van der Waals surface area contributed by atoms with Gasteiger partial charge in [-0.2, -0.15) is 0 Å². The summed E-state index contributed by atoms with van der Waals surface area (Å²) in [6.45, 7) is 6.29. The first kappa shape index (κ1) is 13.7. The van der Waals surface area contributed by atoms with E-state index in [1.807, 2.05) is 25.1 Å². The molecule has 1 aromatic carbocycles. The van der Waals surface area contributed by atoms with E-state index in [1.165, 1.54) is 17.0 Å². The Kier molecular flexibility index (Phi) is 3.96. The van der Waals surface area contributed by atoms with E-state index in [4.69, 9.17) is 10.5 Å². The monoisotopic (exact) mass is 258 g/mol. The van der Waals surface area contributed by atoms with Gasteiger partial charge in [0.05, 0.1) is 12.8 Å². The molecule has 2 rings (SSSR count). The number of aromatic nitrogens is 1. The van der Waals surface area contributed by atoms with Gasteiger partial charge in [-0.05, 0) is 51.0 Å². The zero-order chi connectivity index (χ0) is 14.0. The van der Waals surface area contributed by atoms with Crippen molar-refractivity contribution in [1.82, 2.24) is 4.57 Å². The number of para-hydroxylation sites is 2. The van der Waals surface area contributed by atoms with Gasteiger partial charge in [0, 0.05) is 17.4 Å². The summed E-state index contributed by atoms with van der Waals surface area (Å²) in [5.41, 5.74) is 10.7. The van der Waals surface area contributed by atoms with Crippen LogP contribution in [0, 0.1) is 13.8 Å². The van der Waals surface area contributed by atoms with Crippen LogP contribution in [0.2, 0.25) is 0 Å². The summed E-state index contributed by atoms with van der Waals surface area (Å²) >= 11 is 0. The van der Waals surface area contributed by atoms with Crippen molar-refractivity contribution < 1.29 is 4.74 Å². The highest BCUT2D eigenvalue weighted by Crippen LogP contribution is 2.28. The predicted octanol–water partition coefficient (Wildman–Crippen LogP) is 2.99. The molecule has 0 saturated carbocycles. The van der Waals surface area contributed by atoms with Crippen molar-refractivity contribution in [2.24, 2.45) is 5.73 Å². The average Bonchev–Trinajstić information content (AvgIpc) is 2.64. The fourth-order valence-corrected chi connectivity index (χ4v) is 2.57. The normalized spacial score (nSPS) is 12.5. The van der Waals surface area contributed by atoms with E-state index in [0.717, 1.165) is 17.9 Å². The summed E-state index contributed by atoms with van der Waals surface area (Å²) in [6, 6.07) is 10.5. The first-order chi connectivity index (χ1) is 9.04. The summed E-state index contributed by atoms with van der Waals surface area (Å²) in [5, 5.41) is 0. The highest BCUT2D eigenvalue weighted by Gasteiger charge is 2.14. The molecule has 0 radical (unpaired) electrons. The third-order valence-electron chi connectivity index (χ3n) is 3.40. The Labute approximate surface area is 115 Å². The number of hydrogen-bond acceptors (Lipinski definition) is 2. The highest BCUT2D eigenvalue weighted by atomic mass is 16.5. The maximum absolute atomic E-state index is 5.91. The Morgan fingerprint density at radius 3 is 2.58 bits per heavy atom. The van der Waals surface area contributed by atoms with E-state index in [2.05, 4.69) is 30.5 Å². The topological polar surface area (TPSA) is 40.2 Å². The summed E-state index contributed by atoms with van der Waals surface area (Å²) in [5.74, 6) is 0.886. The van der Waals surface area contributed by atoms with Crippen molar-refractivity contribution in [3.8, 4) is 11.4 Å². The Hall–Kier alpha value is -1.74.